The van der Waals surface area contributed by atoms with E-state index in [-0.39, 0.29) is 0 Å². The molecule has 1 aliphatic heterocycles. The van der Waals surface area contributed by atoms with Crippen LogP contribution in [0.25, 0.3) is 0 Å². The van der Waals surface area contributed by atoms with E-state index in [0.717, 1.165) is 23.4 Å². The maximum absolute atomic E-state index is 13.3. The monoisotopic (exact) mass is 289 g/mol. The number of carbonyl (C=O) groups is 1. The van der Waals surface area contributed by atoms with Gasteiger partial charge >= 0.3 is 5.97 Å². The lowest BCUT2D eigenvalue weighted by atomic mass is 10.0. The van der Waals surface area contributed by atoms with Gasteiger partial charge in [-0.05, 0) is 29.3 Å². The highest BCUT2D eigenvalue weighted by atomic mass is 19.2. The molecule has 1 aliphatic rings. The number of rotatable bonds is 3. The van der Waals surface area contributed by atoms with Gasteiger partial charge in [0.15, 0.2) is 11.6 Å². The average Bonchev–Trinajstić information content (AvgIpc) is 2.82. The van der Waals surface area contributed by atoms with E-state index in [0.29, 0.717) is 18.7 Å². The number of benzene rings is 2. The van der Waals surface area contributed by atoms with Crippen LogP contribution < -0.4 is 4.90 Å². The third kappa shape index (κ3) is 2.46. The number of fused-ring (bicyclic) bond motifs is 1. The van der Waals surface area contributed by atoms with Gasteiger partial charge in [0.25, 0.3) is 0 Å². The Hall–Kier alpha value is -2.43. The molecule has 1 unspecified atom stereocenters. The third-order valence-corrected chi connectivity index (χ3v) is 3.71. The molecule has 3 nitrogen and oxygen atoms in total. The lowest BCUT2D eigenvalue weighted by Crippen LogP contribution is -2.24. The zero-order valence-electron chi connectivity index (χ0n) is 11.1. The number of hydrogen-bond acceptors (Lipinski definition) is 2. The predicted octanol–water partition coefficient (Wildman–Crippen LogP) is 3.15. The third-order valence-electron chi connectivity index (χ3n) is 3.71. The van der Waals surface area contributed by atoms with Gasteiger partial charge in [0, 0.05) is 18.8 Å². The van der Waals surface area contributed by atoms with Gasteiger partial charge in [-0.15, -0.1) is 0 Å². The van der Waals surface area contributed by atoms with Gasteiger partial charge in [-0.25, -0.2) is 8.78 Å². The molecule has 0 aromatic heterocycles. The molecule has 0 aliphatic carbocycles. The molecule has 2 aromatic rings. The van der Waals surface area contributed by atoms with Gasteiger partial charge < -0.3 is 10.0 Å². The van der Waals surface area contributed by atoms with Gasteiger partial charge in [-0.1, -0.05) is 24.3 Å². The van der Waals surface area contributed by atoms with Crippen LogP contribution in [0.4, 0.5) is 14.5 Å². The molecule has 1 N–H and O–H groups in total. The Labute approximate surface area is 120 Å². The summed E-state index contributed by atoms with van der Waals surface area (Å²) in [6, 6.07) is 11.0. The van der Waals surface area contributed by atoms with Gasteiger partial charge in [0.1, 0.15) is 5.92 Å². The lowest BCUT2D eigenvalue weighted by molar-refractivity contribution is -0.138. The SMILES string of the molecule is O=C(O)C1CN(Cc2ccc(F)c(F)c2)c2ccccc21. The smallest absolute Gasteiger partial charge is 0.312 e. The Kier molecular flexibility index (Phi) is 3.33. The maximum Gasteiger partial charge on any atom is 0.312 e. The van der Waals surface area contributed by atoms with Crippen molar-refractivity contribution in [3.63, 3.8) is 0 Å². The molecule has 21 heavy (non-hydrogen) atoms. The first-order valence-electron chi connectivity index (χ1n) is 6.57. The average molecular weight is 289 g/mol. The molecule has 5 heteroatoms. The highest BCUT2D eigenvalue weighted by Gasteiger charge is 2.33. The number of carboxylic acid groups (broad SMARTS) is 1. The van der Waals surface area contributed by atoms with Crippen molar-refractivity contribution in [3.05, 3.63) is 65.2 Å². The Morgan fingerprint density at radius 1 is 1.19 bits per heavy atom. The van der Waals surface area contributed by atoms with E-state index in [4.69, 9.17) is 0 Å². The molecular formula is C16H13F2NO2. The molecule has 0 saturated heterocycles. The first-order valence-corrected chi connectivity index (χ1v) is 6.57. The van der Waals surface area contributed by atoms with Crippen molar-refractivity contribution in [1.29, 1.82) is 0 Å². The summed E-state index contributed by atoms with van der Waals surface area (Å²) >= 11 is 0. The van der Waals surface area contributed by atoms with Crippen molar-refractivity contribution >= 4 is 11.7 Å². The van der Waals surface area contributed by atoms with Crippen LogP contribution in [0.2, 0.25) is 0 Å². The highest BCUT2D eigenvalue weighted by molar-refractivity contribution is 5.82. The van der Waals surface area contributed by atoms with Crippen molar-refractivity contribution in [2.24, 2.45) is 0 Å². The minimum atomic E-state index is -0.894. The van der Waals surface area contributed by atoms with E-state index in [1.54, 1.807) is 12.1 Å². The van der Waals surface area contributed by atoms with E-state index in [1.165, 1.54) is 6.07 Å². The normalized spacial score (nSPS) is 16.9. The summed E-state index contributed by atoms with van der Waals surface area (Å²) in [5, 5.41) is 9.29. The second-order valence-corrected chi connectivity index (χ2v) is 5.08. The van der Waals surface area contributed by atoms with Gasteiger partial charge in [-0.3, -0.25) is 4.79 Å². The second kappa shape index (κ2) is 5.16. The molecule has 0 fully saturated rings. The molecule has 1 atom stereocenters. The standard InChI is InChI=1S/C16H13F2NO2/c17-13-6-5-10(7-14(13)18)8-19-9-12(16(20)21)11-3-1-2-4-15(11)19/h1-7,12H,8-9H2,(H,20,21). The van der Waals surface area contributed by atoms with Crippen LogP contribution in [0, 0.1) is 11.6 Å². The van der Waals surface area contributed by atoms with Gasteiger partial charge in [0.05, 0.1) is 0 Å². The zero-order chi connectivity index (χ0) is 15.0. The van der Waals surface area contributed by atoms with Crippen LogP contribution in [-0.4, -0.2) is 17.6 Å². The molecule has 0 saturated carbocycles. The summed E-state index contributed by atoms with van der Waals surface area (Å²) in [5.41, 5.74) is 2.19. The Morgan fingerprint density at radius 3 is 2.67 bits per heavy atom. The Morgan fingerprint density at radius 2 is 1.95 bits per heavy atom. The largest absolute Gasteiger partial charge is 0.481 e. The van der Waals surface area contributed by atoms with E-state index in [1.807, 2.05) is 17.0 Å². The van der Waals surface area contributed by atoms with Crippen LogP contribution >= 0.6 is 0 Å². The summed E-state index contributed by atoms with van der Waals surface area (Å²) in [4.78, 5) is 13.2. The van der Waals surface area contributed by atoms with Gasteiger partial charge in [-0.2, -0.15) is 0 Å². The van der Waals surface area contributed by atoms with E-state index < -0.39 is 23.5 Å². The zero-order valence-corrected chi connectivity index (χ0v) is 11.1. The molecule has 0 spiro atoms. The number of para-hydroxylation sites is 1. The van der Waals surface area contributed by atoms with Crippen molar-refractivity contribution < 1.29 is 18.7 Å². The molecule has 0 bridgehead atoms. The van der Waals surface area contributed by atoms with E-state index in [2.05, 4.69) is 0 Å². The van der Waals surface area contributed by atoms with E-state index >= 15 is 0 Å². The minimum Gasteiger partial charge on any atom is -0.481 e. The number of aliphatic carboxylic acids is 1. The highest BCUT2D eigenvalue weighted by Crippen LogP contribution is 2.37. The van der Waals surface area contributed by atoms with Crippen LogP contribution in [0.15, 0.2) is 42.5 Å². The summed E-state index contributed by atoms with van der Waals surface area (Å²) < 4.78 is 26.2. The summed E-state index contributed by atoms with van der Waals surface area (Å²) in [5.74, 6) is -3.25. The first kappa shape index (κ1) is 13.5. The lowest BCUT2D eigenvalue weighted by Gasteiger charge is -2.19. The topological polar surface area (TPSA) is 40.5 Å². The van der Waals surface area contributed by atoms with Crippen LogP contribution in [0.1, 0.15) is 17.0 Å². The summed E-state index contributed by atoms with van der Waals surface area (Å²) in [6.07, 6.45) is 0. The number of carboxylic acids is 1. The summed E-state index contributed by atoms with van der Waals surface area (Å²) in [7, 11) is 0. The molecule has 2 aromatic carbocycles. The van der Waals surface area contributed by atoms with E-state index in [9.17, 15) is 18.7 Å². The number of nitrogens with zero attached hydrogens (tertiary/aromatic N) is 1. The van der Waals surface area contributed by atoms with Gasteiger partial charge in [0.2, 0.25) is 0 Å². The maximum atomic E-state index is 13.3. The second-order valence-electron chi connectivity index (χ2n) is 5.08. The molecule has 108 valence electrons. The number of anilines is 1. The number of hydrogen-bond donors (Lipinski definition) is 1. The van der Waals surface area contributed by atoms with Crippen LogP contribution in [-0.2, 0) is 11.3 Å². The summed E-state index contributed by atoms with van der Waals surface area (Å²) in [6.45, 7) is 0.672. The van der Waals surface area contributed by atoms with Crippen LogP contribution in [0.5, 0.6) is 0 Å². The molecule has 1 heterocycles. The van der Waals surface area contributed by atoms with Crippen molar-refractivity contribution in [1.82, 2.24) is 0 Å². The fourth-order valence-electron chi connectivity index (χ4n) is 2.71. The molecular weight excluding hydrogens is 276 g/mol. The quantitative estimate of drug-likeness (QED) is 0.943. The predicted molar refractivity (Wildman–Crippen MR) is 74.2 cm³/mol. The van der Waals surface area contributed by atoms with Crippen molar-refractivity contribution in [3.8, 4) is 0 Å². The van der Waals surface area contributed by atoms with Crippen molar-refractivity contribution in [2.75, 3.05) is 11.4 Å². The molecule has 0 radical (unpaired) electrons. The van der Waals surface area contributed by atoms with Crippen molar-refractivity contribution in [2.45, 2.75) is 12.5 Å². The number of halogens is 2. The fraction of sp³-hybridized carbons (Fsp3) is 0.188. The molecule has 0 amide bonds. The molecule has 3 rings (SSSR count). The Balaban J connectivity index is 1.90. The van der Waals surface area contributed by atoms with Crippen LogP contribution in [0.3, 0.4) is 0 Å². The Bertz CT molecular complexity index is 702. The first-order chi connectivity index (χ1) is 10.1. The fourth-order valence-corrected chi connectivity index (χ4v) is 2.71. The minimum absolute atomic E-state index is 0.327.